The van der Waals surface area contributed by atoms with E-state index in [9.17, 15) is 4.79 Å². The zero-order valence-electron chi connectivity index (χ0n) is 16.5. The van der Waals surface area contributed by atoms with E-state index >= 15 is 0 Å². The van der Waals surface area contributed by atoms with E-state index in [-0.39, 0.29) is 6.09 Å². The first-order chi connectivity index (χ1) is 12.4. The average molecular weight is 357 g/mol. The number of hydrogen-bond acceptors (Lipinski definition) is 3. The highest BCUT2D eigenvalue weighted by atomic mass is 16.6. The Kier molecular flexibility index (Phi) is 5.71. The van der Waals surface area contributed by atoms with Gasteiger partial charge in [-0.2, -0.15) is 0 Å². The van der Waals surface area contributed by atoms with Gasteiger partial charge in [0, 0.05) is 25.2 Å². The van der Waals surface area contributed by atoms with E-state index in [0.717, 1.165) is 25.9 Å². The van der Waals surface area contributed by atoms with Gasteiger partial charge in [-0.25, -0.2) is 4.79 Å². The summed E-state index contributed by atoms with van der Waals surface area (Å²) in [6, 6.07) is 11.5. The molecule has 26 heavy (non-hydrogen) atoms. The fourth-order valence-electron chi connectivity index (χ4n) is 3.71. The van der Waals surface area contributed by atoms with Crippen LogP contribution in [0.5, 0.6) is 0 Å². The second-order valence-electron chi connectivity index (χ2n) is 8.51. The van der Waals surface area contributed by atoms with Gasteiger partial charge in [0.25, 0.3) is 0 Å². The van der Waals surface area contributed by atoms with Gasteiger partial charge < -0.3 is 15.0 Å². The summed E-state index contributed by atoms with van der Waals surface area (Å²) < 4.78 is 5.48. The number of carbonyl (C=O) groups is 1. The SMILES string of the molecule is CCC(=Cc1ccccc1)[C@@H]1C[C@H]1NC1CCN(C(=O)OC(C)(C)C)C1. The Balaban J connectivity index is 1.49. The van der Waals surface area contributed by atoms with Crippen LogP contribution in [0.4, 0.5) is 4.79 Å². The van der Waals surface area contributed by atoms with Gasteiger partial charge in [-0.3, -0.25) is 0 Å². The predicted octanol–water partition coefficient (Wildman–Crippen LogP) is 4.47. The van der Waals surface area contributed by atoms with Crippen molar-refractivity contribution in [2.45, 2.75) is 64.6 Å². The van der Waals surface area contributed by atoms with Crippen molar-refractivity contribution in [1.82, 2.24) is 10.2 Å². The molecule has 2 aliphatic rings. The topological polar surface area (TPSA) is 41.6 Å². The standard InChI is InChI=1S/C22H32N2O2/c1-5-17(13-16-9-7-6-8-10-16)19-14-20(19)23-18-11-12-24(15-18)21(25)26-22(2,3)4/h6-10,13,18-20,23H,5,11-12,14-15H2,1-4H3/t18?,19-,20+/m0/s1. The van der Waals surface area contributed by atoms with Gasteiger partial charge in [-0.05, 0) is 51.5 Å². The largest absolute Gasteiger partial charge is 0.444 e. The number of likely N-dealkylation sites (tertiary alicyclic amines) is 1. The van der Waals surface area contributed by atoms with Crippen molar-refractivity contribution in [3.05, 3.63) is 41.5 Å². The lowest BCUT2D eigenvalue weighted by Gasteiger charge is -2.24. The molecule has 1 saturated heterocycles. The molecule has 0 radical (unpaired) electrons. The van der Waals surface area contributed by atoms with Gasteiger partial charge >= 0.3 is 6.09 Å². The highest BCUT2D eigenvalue weighted by molar-refractivity contribution is 5.68. The number of hydrogen-bond donors (Lipinski definition) is 1. The number of ether oxygens (including phenoxy) is 1. The number of nitrogens with one attached hydrogen (secondary N) is 1. The summed E-state index contributed by atoms with van der Waals surface area (Å²) in [6.45, 7) is 9.51. The Labute approximate surface area is 157 Å². The van der Waals surface area contributed by atoms with Crippen molar-refractivity contribution < 1.29 is 9.53 Å². The Morgan fingerprint density at radius 2 is 2.04 bits per heavy atom. The van der Waals surface area contributed by atoms with Gasteiger partial charge in [-0.1, -0.05) is 48.9 Å². The molecule has 1 heterocycles. The quantitative estimate of drug-likeness (QED) is 0.846. The van der Waals surface area contributed by atoms with E-state index < -0.39 is 5.60 Å². The van der Waals surface area contributed by atoms with Crippen molar-refractivity contribution in [2.75, 3.05) is 13.1 Å². The molecular formula is C22H32N2O2. The minimum atomic E-state index is -0.428. The van der Waals surface area contributed by atoms with Crippen LogP contribution in [-0.4, -0.2) is 41.8 Å². The minimum absolute atomic E-state index is 0.188. The summed E-state index contributed by atoms with van der Waals surface area (Å²) in [6.07, 6.45) is 5.45. The first-order valence-corrected chi connectivity index (χ1v) is 9.85. The van der Waals surface area contributed by atoms with Crippen LogP contribution in [0.2, 0.25) is 0 Å². The van der Waals surface area contributed by atoms with E-state index in [4.69, 9.17) is 4.74 Å². The molecule has 0 bridgehead atoms. The van der Waals surface area contributed by atoms with E-state index in [2.05, 4.69) is 48.6 Å². The van der Waals surface area contributed by atoms with E-state index in [0.29, 0.717) is 18.0 Å². The van der Waals surface area contributed by atoms with Crippen molar-refractivity contribution in [3.8, 4) is 0 Å². The lowest BCUT2D eigenvalue weighted by Crippen LogP contribution is -2.39. The van der Waals surface area contributed by atoms with E-state index in [1.807, 2.05) is 25.7 Å². The molecule has 3 rings (SSSR count). The van der Waals surface area contributed by atoms with Crippen LogP contribution in [0, 0.1) is 5.92 Å². The Morgan fingerprint density at radius 1 is 1.31 bits per heavy atom. The molecule has 4 heteroatoms. The Hall–Kier alpha value is -1.81. The molecule has 0 spiro atoms. The smallest absolute Gasteiger partial charge is 0.410 e. The van der Waals surface area contributed by atoms with Crippen molar-refractivity contribution in [1.29, 1.82) is 0 Å². The van der Waals surface area contributed by atoms with Gasteiger partial charge in [0.1, 0.15) is 5.60 Å². The molecule has 1 N–H and O–H groups in total. The fraction of sp³-hybridized carbons (Fsp3) is 0.591. The lowest BCUT2D eigenvalue weighted by atomic mass is 10.0. The molecule has 1 unspecified atom stereocenters. The van der Waals surface area contributed by atoms with Crippen LogP contribution >= 0.6 is 0 Å². The molecular weight excluding hydrogens is 324 g/mol. The second kappa shape index (κ2) is 7.83. The zero-order chi connectivity index (χ0) is 18.7. The van der Waals surface area contributed by atoms with Crippen LogP contribution in [-0.2, 0) is 4.74 Å². The molecule has 1 aliphatic carbocycles. The fourth-order valence-corrected chi connectivity index (χ4v) is 3.71. The predicted molar refractivity (Wildman–Crippen MR) is 106 cm³/mol. The Morgan fingerprint density at radius 3 is 2.69 bits per heavy atom. The maximum absolute atomic E-state index is 12.2. The van der Waals surface area contributed by atoms with Crippen LogP contribution in [0.25, 0.3) is 6.08 Å². The molecule has 1 aliphatic heterocycles. The number of nitrogens with zero attached hydrogens (tertiary/aromatic N) is 1. The molecule has 1 aromatic rings. The first kappa shape index (κ1) is 19.0. The number of rotatable bonds is 5. The third-order valence-corrected chi connectivity index (χ3v) is 5.12. The van der Waals surface area contributed by atoms with Gasteiger partial charge in [-0.15, -0.1) is 0 Å². The molecule has 1 amide bonds. The lowest BCUT2D eigenvalue weighted by molar-refractivity contribution is 0.0291. The molecule has 1 aromatic carbocycles. The molecule has 142 valence electrons. The summed E-state index contributed by atoms with van der Waals surface area (Å²) in [5.74, 6) is 0.635. The van der Waals surface area contributed by atoms with Gasteiger partial charge in [0.05, 0.1) is 0 Å². The van der Waals surface area contributed by atoms with Gasteiger partial charge in [0.2, 0.25) is 0 Å². The summed E-state index contributed by atoms with van der Waals surface area (Å²) in [7, 11) is 0. The maximum Gasteiger partial charge on any atom is 0.410 e. The molecule has 1 saturated carbocycles. The number of benzene rings is 1. The summed E-state index contributed by atoms with van der Waals surface area (Å²) >= 11 is 0. The highest BCUT2D eigenvalue weighted by Crippen LogP contribution is 2.40. The summed E-state index contributed by atoms with van der Waals surface area (Å²) in [5, 5.41) is 3.76. The number of carbonyl (C=O) groups excluding carboxylic acids is 1. The molecule has 3 atom stereocenters. The highest BCUT2D eigenvalue weighted by Gasteiger charge is 2.41. The van der Waals surface area contributed by atoms with Crippen molar-refractivity contribution >= 4 is 12.2 Å². The van der Waals surface area contributed by atoms with E-state index in [1.54, 1.807) is 0 Å². The van der Waals surface area contributed by atoms with Crippen LogP contribution in [0.3, 0.4) is 0 Å². The monoisotopic (exact) mass is 356 g/mol. The zero-order valence-corrected chi connectivity index (χ0v) is 16.5. The molecule has 2 fully saturated rings. The number of amides is 1. The van der Waals surface area contributed by atoms with Crippen molar-refractivity contribution in [2.24, 2.45) is 5.92 Å². The van der Waals surface area contributed by atoms with Crippen molar-refractivity contribution in [3.63, 3.8) is 0 Å². The van der Waals surface area contributed by atoms with Crippen LogP contribution < -0.4 is 5.32 Å². The minimum Gasteiger partial charge on any atom is -0.444 e. The maximum atomic E-state index is 12.2. The van der Waals surface area contributed by atoms with Crippen LogP contribution in [0.1, 0.15) is 52.5 Å². The second-order valence-corrected chi connectivity index (χ2v) is 8.51. The first-order valence-electron chi connectivity index (χ1n) is 9.85. The van der Waals surface area contributed by atoms with Crippen LogP contribution in [0.15, 0.2) is 35.9 Å². The molecule has 0 aromatic heterocycles. The van der Waals surface area contributed by atoms with E-state index in [1.165, 1.54) is 17.6 Å². The third-order valence-electron chi connectivity index (χ3n) is 5.12. The summed E-state index contributed by atoms with van der Waals surface area (Å²) in [5.41, 5.74) is 2.38. The van der Waals surface area contributed by atoms with Gasteiger partial charge in [0.15, 0.2) is 0 Å². The average Bonchev–Trinajstić information content (AvgIpc) is 3.16. The summed E-state index contributed by atoms with van der Waals surface area (Å²) in [4.78, 5) is 14.0. The third kappa shape index (κ3) is 5.10. The Bertz CT molecular complexity index is 648. The normalized spacial score (nSPS) is 26.1. The molecule has 4 nitrogen and oxygen atoms in total.